The van der Waals surface area contributed by atoms with Gasteiger partial charge in [-0.15, -0.1) is 0 Å². The Kier molecular flexibility index (Phi) is 7.82. The maximum atomic E-state index is 12.6. The first-order chi connectivity index (χ1) is 11.6. The van der Waals surface area contributed by atoms with Crippen LogP contribution in [0.3, 0.4) is 0 Å². The second-order valence-electron chi connectivity index (χ2n) is 7.37. The first-order valence-corrected chi connectivity index (χ1v) is 9.53. The van der Waals surface area contributed by atoms with Gasteiger partial charge in [-0.05, 0) is 39.2 Å². The van der Waals surface area contributed by atoms with Crippen molar-refractivity contribution < 1.29 is 14.7 Å². The van der Waals surface area contributed by atoms with Crippen molar-refractivity contribution in [3.63, 3.8) is 0 Å². The molecule has 1 aliphatic carbocycles. The lowest BCUT2D eigenvalue weighted by Crippen LogP contribution is -2.45. The molecule has 0 aromatic heterocycles. The van der Waals surface area contributed by atoms with Crippen LogP contribution in [0.5, 0.6) is 0 Å². The van der Waals surface area contributed by atoms with Crippen LogP contribution in [0.4, 0.5) is 4.79 Å². The summed E-state index contributed by atoms with van der Waals surface area (Å²) in [6.07, 6.45) is 11.3. The van der Waals surface area contributed by atoms with Crippen LogP contribution >= 0.6 is 0 Å². The lowest BCUT2D eigenvalue weighted by Gasteiger charge is -2.27. The molecule has 2 amide bonds. The zero-order chi connectivity index (χ0) is 17.4. The van der Waals surface area contributed by atoms with E-state index in [2.05, 4.69) is 5.32 Å². The van der Waals surface area contributed by atoms with Crippen LogP contribution in [0, 0.1) is 0 Å². The van der Waals surface area contributed by atoms with Crippen LogP contribution in [0.25, 0.3) is 0 Å². The average Bonchev–Trinajstić information content (AvgIpc) is 2.75. The molecule has 0 aromatic carbocycles. The molecule has 1 heterocycles. The Morgan fingerprint density at radius 2 is 1.67 bits per heavy atom. The molecule has 1 aliphatic heterocycles. The molecule has 2 rings (SSSR count). The molecule has 1 saturated carbocycles. The van der Waals surface area contributed by atoms with E-state index < -0.39 is 5.97 Å². The van der Waals surface area contributed by atoms with Crippen molar-refractivity contribution in [1.29, 1.82) is 0 Å². The van der Waals surface area contributed by atoms with E-state index in [9.17, 15) is 9.59 Å². The highest BCUT2D eigenvalue weighted by molar-refractivity contribution is 5.74. The third-order valence-electron chi connectivity index (χ3n) is 5.43. The van der Waals surface area contributed by atoms with Gasteiger partial charge in [0.2, 0.25) is 0 Å². The summed E-state index contributed by atoms with van der Waals surface area (Å²) in [5, 5.41) is 12.2. The molecule has 0 bridgehead atoms. The SMILES string of the molecule is CN(CC(=O)O)C1CCCN(C(=O)NC2CCCCCCC2)CC1. The second-order valence-corrected chi connectivity index (χ2v) is 7.37. The van der Waals surface area contributed by atoms with Gasteiger partial charge >= 0.3 is 12.0 Å². The van der Waals surface area contributed by atoms with E-state index in [0.29, 0.717) is 12.6 Å². The minimum Gasteiger partial charge on any atom is -0.480 e. The summed E-state index contributed by atoms with van der Waals surface area (Å²) in [4.78, 5) is 27.3. The summed E-state index contributed by atoms with van der Waals surface area (Å²) in [7, 11) is 1.86. The number of nitrogens with zero attached hydrogens (tertiary/aromatic N) is 2. The Bertz CT molecular complexity index is 408. The number of carboxylic acid groups (broad SMARTS) is 1. The van der Waals surface area contributed by atoms with Crippen molar-refractivity contribution in [3.05, 3.63) is 0 Å². The van der Waals surface area contributed by atoms with E-state index in [1.54, 1.807) is 0 Å². The number of urea groups is 1. The van der Waals surface area contributed by atoms with Crippen molar-refractivity contribution in [2.45, 2.75) is 76.3 Å². The number of carbonyl (C=O) groups excluding carboxylic acids is 1. The van der Waals surface area contributed by atoms with Gasteiger partial charge in [0.1, 0.15) is 0 Å². The van der Waals surface area contributed by atoms with Crippen LogP contribution in [0.15, 0.2) is 0 Å². The number of likely N-dealkylation sites (N-methyl/N-ethyl adjacent to an activating group) is 1. The van der Waals surface area contributed by atoms with E-state index in [0.717, 1.165) is 38.6 Å². The molecule has 2 aliphatic rings. The number of hydrogen-bond donors (Lipinski definition) is 2. The van der Waals surface area contributed by atoms with Gasteiger partial charge in [-0.2, -0.15) is 0 Å². The summed E-state index contributed by atoms with van der Waals surface area (Å²) in [6.45, 7) is 1.56. The van der Waals surface area contributed by atoms with Crippen LogP contribution in [0.1, 0.15) is 64.2 Å². The van der Waals surface area contributed by atoms with Gasteiger partial charge in [0.15, 0.2) is 0 Å². The van der Waals surface area contributed by atoms with Gasteiger partial charge in [-0.1, -0.05) is 32.1 Å². The fraction of sp³-hybridized carbons (Fsp3) is 0.889. The number of likely N-dealkylation sites (tertiary alicyclic amines) is 1. The van der Waals surface area contributed by atoms with Crippen molar-refractivity contribution in [2.75, 3.05) is 26.7 Å². The largest absolute Gasteiger partial charge is 0.480 e. The van der Waals surface area contributed by atoms with Crippen molar-refractivity contribution in [1.82, 2.24) is 15.1 Å². The maximum Gasteiger partial charge on any atom is 0.317 e. The Labute approximate surface area is 145 Å². The van der Waals surface area contributed by atoms with Crippen molar-refractivity contribution in [2.24, 2.45) is 0 Å². The minimum absolute atomic E-state index is 0.0684. The number of carboxylic acids is 1. The van der Waals surface area contributed by atoms with Gasteiger partial charge in [-0.3, -0.25) is 9.69 Å². The van der Waals surface area contributed by atoms with Crippen molar-refractivity contribution in [3.8, 4) is 0 Å². The Hall–Kier alpha value is -1.30. The van der Waals surface area contributed by atoms with E-state index in [1.807, 2.05) is 16.8 Å². The topological polar surface area (TPSA) is 72.9 Å². The Morgan fingerprint density at radius 1 is 1.00 bits per heavy atom. The fourth-order valence-electron chi connectivity index (χ4n) is 3.93. The molecular weight excluding hydrogens is 306 g/mol. The third-order valence-corrected chi connectivity index (χ3v) is 5.43. The standard InChI is InChI=1S/C18H33N3O3/c1-20(14-17(22)23)16-10-7-12-21(13-11-16)18(24)19-15-8-5-3-2-4-6-9-15/h15-16H,2-14H2,1H3,(H,19,24)(H,22,23). The second kappa shape index (κ2) is 9.87. The molecule has 6 heteroatoms. The summed E-state index contributed by atoms with van der Waals surface area (Å²) in [5.41, 5.74) is 0. The zero-order valence-electron chi connectivity index (χ0n) is 15.0. The van der Waals surface area contributed by atoms with Gasteiger partial charge in [0, 0.05) is 25.2 Å². The highest BCUT2D eigenvalue weighted by Gasteiger charge is 2.25. The highest BCUT2D eigenvalue weighted by Crippen LogP contribution is 2.19. The third kappa shape index (κ3) is 6.30. The summed E-state index contributed by atoms with van der Waals surface area (Å²) in [6, 6.07) is 0.647. The number of nitrogens with one attached hydrogen (secondary N) is 1. The Morgan fingerprint density at radius 3 is 2.33 bits per heavy atom. The monoisotopic (exact) mass is 339 g/mol. The van der Waals surface area contributed by atoms with E-state index in [1.165, 1.54) is 32.1 Å². The zero-order valence-corrected chi connectivity index (χ0v) is 15.0. The van der Waals surface area contributed by atoms with E-state index in [-0.39, 0.29) is 18.6 Å². The van der Waals surface area contributed by atoms with Gasteiger partial charge in [0.25, 0.3) is 0 Å². The molecule has 6 nitrogen and oxygen atoms in total. The molecule has 1 unspecified atom stereocenters. The number of hydrogen-bond acceptors (Lipinski definition) is 3. The first-order valence-electron chi connectivity index (χ1n) is 9.53. The van der Waals surface area contributed by atoms with Crippen LogP contribution in [0.2, 0.25) is 0 Å². The quantitative estimate of drug-likeness (QED) is 0.826. The minimum atomic E-state index is -0.791. The maximum absolute atomic E-state index is 12.6. The lowest BCUT2D eigenvalue weighted by molar-refractivity contribution is -0.138. The molecule has 1 saturated heterocycles. The highest BCUT2D eigenvalue weighted by atomic mass is 16.4. The smallest absolute Gasteiger partial charge is 0.317 e. The lowest BCUT2D eigenvalue weighted by atomic mass is 9.97. The summed E-state index contributed by atoms with van der Waals surface area (Å²) >= 11 is 0. The number of carbonyl (C=O) groups is 2. The fourth-order valence-corrected chi connectivity index (χ4v) is 3.93. The van der Waals surface area contributed by atoms with E-state index in [4.69, 9.17) is 5.11 Å². The van der Waals surface area contributed by atoms with Gasteiger partial charge in [-0.25, -0.2) is 4.79 Å². The van der Waals surface area contributed by atoms with Crippen LogP contribution in [-0.2, 0) is 4.79 Å². The first kappa shape index (κ1) is 19.0. The predicted octanol–water partition coefficient (Wildman–Crippen LogP) is 2.68. The van der Waals surface area contributed by atoms with Crippen LogP contribution < -0.4 is 5.32 Å². The number of aliphatic carboxylic acids is 1. The van der Waals surface area contributed by atoms with Gasteiger partial charge in [0.05, 0.1) is 6.54 Å². The van der Waals surface area contributed by atoms with Crippen molar-refractivity contribution >= 4 is 12.0 Å². The van der Waals surface area contributed by atoms with Gasteiger partial charge < -0.3 is 15.3 Å². The average molecular weight is 339 g/mol. The van der Waals surface area contributed by atoms with E-state index >= 15 is 0 Å². The molecule has 2 N–H and O–H groups in total. The normalized spacial score (nSPS) is 24.1. The molecule has 138 valence electrons. The summed E-state index contributed by atoms with van der Waals surface area (Å²) in [5.74, 6) is -0.791. The molecule has 2 fully saturated rings. The molecule has 0 radical (unpaired) electrons. The number of rotatable bonds is 4. The number of amides is 2. The molecule has 0 aromatic rings. The molecule has 1 atom stereocenters. The molecule has 0 spiro atoms. The predicted molar refractivity (Wildman–Crippen MR) is 94.1 cm³/mol. The molecule has 24 heavy (non-hydrogen) atoms. The summed E-state index contributed by atoms with van der Waals surface area (Å²) < 4.78 is 0. The van der Waals surface area contributed by atoms with Crippen LogP contribution in [-0.4, -0.2) is 65.7 Å². The molecular formula is C18H33N3O3. The Balaban J connectivity index is 1.79.